The largest absolute Gasteiger partial charge is 0.481 e. The van der Waals surface area contributed by atoms with E-state index in [2.05, 4.69) is 27.0 Å². The number of hydrogen-bond acceptors (Lipinski definition) is 8. The molecule has 1 aromatic rings. The summed E-state index contributed by atoms with van der Waals surface area (Å²) in [5.41, 5.74) is 5.74. The molecule has 10 nitrogen and oxygen atoms in total. The third-order valence-corrected chi connectivity index (χ3v) is 5.63. The molecule has 0 radical (unpaired) electrons. The first-order valence-electron chi connectivity index (χ1n) is 11.4. The van der Waals surface area contributed by atoms with Crippen LogP contribution in [-0.2, 0) is 15.1 Å². The second-order valence-corrected chi connectivity index (χ2v) is 9.34. The Morgan fingerprint density at radius 1 is 1.03 bits per heavy atom. The van der Waals surface area contributed by atoms with Crippen molar-refractivity contribution in [2.75, 3.05) is 31.6 Å². The number of hydrogen-bond donors (Lipinski definition) is 3. The van der Waals surface area contributed by atoms with Gasteiger partial charge in [0.15, 0.2) is 0 Å². The zero-order chi connectivity index (χ0) is 24.4. The fraction of sp³-hybridized carbons (Fsp3) is 0.818. The van der Waals surface area contributed by atoms with Gasteiger partial charge in [-0.3, -0.25) is 14.5 Å². The summed E-state index contributed by atoms with van der Waals surface area (Å²) in [4.78, 5) is 22.9. The Morgan fingerprint density at radius 2 is 1.50 bits per heavy atom. The minimum Gasteiger partial charge on any atom is -0.481 e. The predicted octanol–water partition coefficient (Wildman–Crippen LogP) is 3.07. The standard InChI is InChI=1S/C18H33N5O.2C2H4O2/c1-17(2,19)15-20-21-16(24-15)22(3)14-18(10-6-4-7-11-18)23-12-8-5-9-13-23;2*1-2(3)4/h4-14,19H2,1-3H3;2*1H3,(H,3,4). The van der Waals surface area contributed by atoms with Gasteiger partial charge >= 0.3 is 6.01 Å². The van der Waals surface area contributed by atoms with Crippen molar-refractivity contribution in [2.45, 2.75) is 90.1 Å². The average molecular weight is 456 g/mol. The maximum Gasteiger partial charge on any atom is 0.318 e. The van der Waals surface area contributed by atoms with E-state index < -0.39 is 17.5 Å². The molecule has 1 aliphatic carbocycles. The summed E-state index contributed by atoms with van der Waals surface area (Å²) < 4.78 is 5.84. The van der Waals surface area contributed by atoms with Gasteiger partial charge in [-0.2, -0.15) is 0 Å². The SMILES string of the molecule is CC(=O)O.CC(=O)O.CN(CC1(N2CCCCC2)CCCCC1)c1nnc(C(C)(C)N)o1. The number of likely N-dealkylation sites (tertiary alicyclic amines) is 1. The molecular formula is C22H41N5O5. The highest BCUT2D eigenvalue weighted by atomic mass is 16.4. The number of rotatable bonds is 5. The molecule has 0 amide bonds. The van der Waals surface area contributed by atoms with Crippen LogP contribution in [0.3, 0.4) is 0 Å². The first kappa shape index (κ1) is 27.8. The fourth-order valence-electron chi connectivity index (χ4n) is 4.29. The quantitative estimate of drug-likeness (QED) is 0.605. The van der Waals surface area contributed by atoms with Gasteiger partial charge in [0.25, 0.3) is 11.9 Å². The Hall–Kier alpha value is -2.20. The Balaban J connectivity index is 0.000000554. The third-order valence-electron chi connectivity index (χ3n) is 5.63. The van der Waals surface area contributed by atoms with E-state index in [9.17, 15) is 0 Å². The Morgan fingerprint density at radius 3 is 1.94 bits per heavy atom. The van der Waals surface area contributed by atoms with Crippen molar-refractivity contribution >= 4 is 18.0 Å². The van der Waals surface area contributed by atoms with Crippen molar-refractivity contribution in [3.63, 3.8) is 0 Å². The van der Waals surface area contributed by atoms with Crippen LogP contribution >= 0.6 is 0 Å². The van der Waals surface area contributed by atoms with Gasteiger partial charge in [0.05, 0.1) is 5.54 Å². The number of anilines is 1. The summed E-state index contributed by atoms with van der Waals surface area (Å²) in [6, 6.07) is 0.588. The second-order valence-electron chi connectivity index (χ2n) is 9.34. The second kappa shape index (κ2) is 12.7. The molecule has 32 heavy (non-hydrogen) atoms. The van der Waals surface area contributed by atoms with Gasteiger partial charge in [0.2, 0.25) is 5.89 Å². The summed E-state index contributed by atoms with van der Waals surface area (Å²) in [7, 11) is 2.07. The van der Waals surface area contributed by atoms with Crippen LogP contribution in [0.5, 0.6) is 0 Å². The molecule has 0 bridgehead atoms. The number of aromatic nitrogens is 2. The van der Waals surface area contributed by atoms with Gasteiger partial charge in [0.1, 0.15) is 0 Å². The lowest BCUT2D eigenvalue weighted by Gasteiger charge is -2.49. The number of carboxylic acid groups (broad SMARTS) is 2. The molecule has 1 aromatic heterocycles. The van der Waals surface area contributed by atoms with Gasteiger partial charge in [-0.15, -0.1) is 5.10 Å². The van der Waals surface area contributed by atoms with Crippen LogP contribution in [0, 0.1) is 0 Å². The van der Waals surface area contributed by atoms with Gasteiger partial charge in [-0.1, -0.05) is 30.8 Å². The lowest BCUT2D eigenvalue weighted by atomic mass is 9.79. The van der Waals surface area contributed by atoms with E-state index in [-0.39, 0.29) is 5.54 Å². The molecule has 0 spiro atoms. The molecule has 2 fully saturated rings. The molecule has 3 rings (SSSR count). The van der Waals surface area contributed by atoms with Crippen molar-refractivity contribution in [3.8, 4) is 0 Å². The zero-order valence-electron chi connectivity index (χ0n) is 20.3. The highest BCUT2D eigenvalue weighted by Gasteiger charge is 2.40. The van der Waals surface area contributed by atoms with E-state index in [0.29, 0.717) is 11.9 Å². The van der Waals surface area contributed by atoms with Crippen molar-refractivity contribution in [1.82, 2.24) is 15.1 Å². The van der Waals surface area contributed by atoms with E-state index >= 15 is 0 Å². The van der Waals surface area contributed by atoms with Crippen molar-refractivity contribution in [3.05, 3.63) is 5.89 Å². The molecule has 2 aliphatic rings. The van der Waals surface area contributed by atoms with Gasteiger partial charge in [-0.05, 0) is 52.6 Å². The van der Waals surface area contributed by atoms with Crippen LogP contribution in [0.25, 0.3) is 0 Å². The smallest absolute Gasteiger partial charge is 0.318 e. The summed E-state index contributed by atoms with van der Waals surface area (Å²) in [5, 5.41) is 23.2. The molecule has 1 aliphatic heterocycles. The summed E-state index contributed by atoms with van der Waals surface area (Å²) in [6.07, 6.45) is 10.6. The van der Waals surface area contributed by atoms with E-state index in [4.69, 9.17) is 30.0 Å². The molecule has 10 heteroatoms. The molecule has 0 unspecified atom stereocenters. The lowest BCUT2D eigenvalue weighted by molar-refractivity contribution is -0.135. The molecule has 4 N–H and O–H groups in total. The number of aliphatic carboxylic acids is 2. The van der Waals surface area contributed by atoms with Gasteiger partial charge in [0, 0.05) is 33.0 Å². The predicted molar refractivity (Wildman–Crippen MR) is 123 cm³/mol. The minimum atomic E-state index is -0.833. The molecular weight excluding hydrogens is 414 g/mol. The highest BCUT2D eigenvalue weighted by molar-refractivity contribution is 5.63. The van der Waals surface area contributed by atoms with E-state index in [1.165, 1.54) is 64.5 Å². The zero-order valence-corrected chi connectivity index (χ0v) is 20.3. The van der Waals surface area contributed by atoms with Crippen LogP contribution in [0.4, 0.5) is 6.01 Å². The molecule has 0 atom stereocenters. The number of nitrogens with zero attached hydrogens (tertiary/aromatic N) is 4. The van der Waals surface area contributed by atoms with Crippen LogP contribution in [0.1, 0.15) is 85.0 Å². The first-order chi connectivity index (χ1) is 14.9. The maximum absolute atomic E-state index is 9.00. The van der Waals surface area contributed by atoms with E-state index in [1.807, 2.05) is 13.8 Å². The van der Waals surface area contributed by atoms with Gasteiger partial charge < -0.3 is 25.3 Å². The van der Waals surface area contributed by atoms with E-state index in [0.717, 1.165) is 20.4 Å². The van der Waals surface area contributed by atoms with Crippen molar-refractivity contribution < 1.29 is 24.2 Å². The lowest BCUT2D eigenvalue weighted by Crippen LogP contribution is -2.57. The molecule has 184 valence electrons. The number of likely N-dealkylation sites (N-methyl/N-ethyl adjacent to an activating group) is 1. The summed E-state index contributed by atoms with van der Waals surface area (Å²) in [5.74, 6) is -1.17. The number of nitrogens with two attached hydrogens (primary N) is 1. The average Bonchev–Trinajstić information content (AvgIpc) is 3.20. The monoisotopic (exact) mass is 455 g/mol. The normalized spacial score (nSPS) is 18.4. The van der Waals surface area contributed by atoms with Crippen LogP contribution in [-0.4, -0.2) is 69.5 Å². The van der Waals surface area contributed by atoms with Crippen LogP contribution in [0.15, 0.2) is 4.42 Å². The molecule has 0 aromatic carbocycles. The van der Waals surface area contributed by atoms with Crippen molar-refractivity contribution in [1.29, 1.82) is 0 Å². The van der Waals surface area contributed by atoms with Crippen molar-refractivity contribution in [2.24, 2.45) is 5.73 Å². The number of carbonyl (C=O) groups is 2. The fourth-order valence-corrected chi connectivity index (χ4v) is 4.29. The topological polar surface area (TPSA) is 146 Å². The third kappa shape index (κ3) is 9.52. The van der Waals surface area contributed by atoms with E-state index in [1.54, 1.807) is 0 Å². The molecule has 1 saturated carbocycles. The first-order valence-corrected chi connectivity index (χ1v) is 11.4. The molecule has 2 heterocycles. The highest BCUT2D eigenvalue weighted by Crippen LogP contribution is 2.37. The summed E-state index contributed by atoms with van der Waals surface area (Å²) in [6.45, 7) is 9.37. The maximum atomic E-state index is 9.00. The Labute approximate surface area is 191 Å². The number of piperidine rings is 1. The Kier molecular flexibility index (Phi) is 11.1. The van der Waals surface area contributed by atoms with Crippen LogP contribution in [0.2, 0.25) is 0 Å². The summed E-state index contributed by atoms with van der Waals surface area (Å²) >= 11 is 0. The Bertz CT molecular complexity index is 684. The molecule has 1 saturated heterocycles. The van der Waals surface area contributed by atoms with Crippen LogP contribution < -0.4 is 10.6 Å². The van der Waals surface area contributed by atoms with Gasteiger partial charge in [-0.25, -0.2) is 0 Å². The minimum absolute atomic E-state index is 0.264. The number of carboxylic acids is 2.